The molecule has 2 rings (SSSR count). The average molecular weight is 412 g/mol. The van der Waals surface area contributed by atoms with Crippen molar-refractivity contribution in [2.24, 2.45) is 0 Å². The number of ketones is 2. The van der Waals surface area contributed by atoms with Gasteiger partial charge in [0.1, 0.15) is 11.5 Å². The lowest BCUT2D eigenvalue weighted by atomic mass is 10.1. The SMILES string of the molecule is C#CCc1ccc(C=CC(=O)CC(=O)C=Cc2ccc(CC#C)c(OC)c2)cc1OC. The highest BCUT2D eigenvalue weighted by molar-refractivity contribution is 6.10. The highest BCUT2D eigenvalue weighted by Gasteiger charge is 2.06. The summed E-state index contributed by atoms with van der Waals surface area (Å²) in [6.45, 7) is 0. The maximum Gasteiger partial charge on any atom is 0.163 e. The quantitative estimate of drug-likeness (QED) is 0.332. The fourth-order valence-electron chi connectivity index (χ4n) is 2.91. The van der Waals surface area contributed by atoms with Gasteiger partial charge in [0.15, 0.2) is 11.6 Å². The number of carbonyl (C=O) groups excluding carboxylic acids is 2. The van der Waals surface area contributed by atoms with Gasteiger partial charge in [0, 0.05) is 24.0 Å². The van der Waals surface area contributed by atoms with E-state index in [1.54, 1.807) is 38.5 Å². The summed E-state index contributed by atoms with van der Waals surface area (Å²) >= 11 is 0. The number of carbonyl (C=O) groups is 2. The van der Waals surface area contributed by atoms with Gasteiger partial charge in [-0.2, -0.15) is 0 Å². The average Bonchev–Trinajstić information content (AvgIpc) is 2.78. The molecule has 0 radical (unpaired) electrons. The Morgan fingerprint density at radius 1 is 0.806 bits per heavy atom. The monoisotopic (exact) mass is 412 g/mol. The minimum atomic E-state index is -0.289. The van der Waals surface area contributed by atoms with Crippen LogP contribution < -0.4 is 9.47 Å². The normalized spacial score (nSPS) is 10.6. The number of terminal acetylenes is 2. The van der Waals surface area contributed by atoms with Crippen LogP contribution in [0.5, 0.6) is 11.5 Å². The van der Waals surface area contributed by atoms with Crippen molar-refractivity contribution in [3.05, 3.63) is 70.8 Å². The molecule has 156 valence electrons. The molecule has 0 aliphatic heterocycles. The zero-order chi connectivity index (χ0) is 22.6. The van der Waals surface area contributed by atoms with E-state index in [4.69, 9.17) is 22.3 Å². The summed E-state index contributed by atoms with van der Waals surface area (Å²) in [7, 11) is 3.13. The van der Waals surface area contributed by atoms with Gasteiger partial charge in [-0.1, -0.05) is 36.4 Å². The number of methoxy groups -OCH3 is 2. The second kappa shape index (κ2) is 11.9. The second-order valence-corrected chi connectivity index (χ2v) is 6.68. The van der Waals surface area contributed by atoms with Crippen LogP contribution in [0.1, 0.15) is 28.7 Å². The van der Waals surface area contributed by atoms with Gasteiger partial charge in [-0.05, 0) is 35.4 Å². The zero-order valence-electron chi connectivity index (χ0n) is 17.7. The molecule has 2 aromatic rings. The Bertz CT molecular complexity index is 1000. The highest BCUT2D eigenvalue weighted by atomic mass is 16.5. The number of allylic oxidation sites excluding steroid dienone is 2. The van der Waals surface area contributed by atoms with Crippen molar-refractivity contribution in [2.75, 3.05) is 14.2 Å². The molecule has 0 saturated carbocycles. The third kappa shape index (κ3) is 7.07. The van der Waals surface area contributed by atoms with Crippen LogP contribution in [0.2, 0.25) is 0 Å². The van der Waals surface area contributed by atoms with E-state index in [1.807, 2.05) is 24.3 Å². The first-order valence-electron chi connectivity index (χ1n) is 9.63. The largest absolute Gasteiger partial charge is 0.496 e. The standard InChI is InChI=1S/C27H24O4/c1-5-7-22-13-9-20(17-26(22)30-3)11-15-24(28)19-25(29)16-12-21-10-14-23(8-6-2)27(18-21)31-4/h1-2,9-18H,7-8,19H2,3-4H3. The van der Waals surface area contributed by atoms with Crippen LogP contribution >= 0.6 is 0 Å². The lowest BCUT2D eigenvalue weighted by Crippen LogP contribution is -2.02. The maximum atomic E-state index is 12.1. The van der Waals surface area contributed by atoms with Gasteiger partial charge in [0.05, 0.1) is 20.6 Å². The van der Waals surface area contributed by atoms with Gasteiger partial charge >= 0.3 is 0 Å². The van der Waals surface area contributed by atoms with Crippen molar-refractivity contribution >= 4 is 23.7 Å². The zero-order valence-corrected chi connectivity index (χ0v) is 17.7. The molecular weight excluding hydrogens is 388 g/mol. The molecule has 4 heteroatoms. The van der Waals surface area contributed by atoms with Gasteiger partial charge in [-0.25, -0.2) is 0 Å². The van der Waals surface area contributed by atoms with Crippen LogP contribution in [0.15, 0.2) is 48.6 Å². The molecule has 0 aliphatic carbocycles. The van der Waals surface area contributed by atoms with Crippen molar-refractivity contribution in [1.82, 2.24) is 0 Å². The minimum absolute atomic E-state index is 0.217. The molecule has 31 heavy (non-hydrogen) atoms. The molecule has 0 saturated heterocycles. The molecule has 0 aliphatic rings. The first-order chi connectivity index (χ1) is 15.0. The summed E-state index contributed by atoms with van der Waals surface area (Å²) in [6, 6.07) is 11.0. The maximum absolute atomic E-state index is 12.1. The van der Waals surface area contributed by atoms with Crippen molar-refractivity contribution in [3.63, 3.8) is 0 Å². The number of hydrogen-bond donors (Lipinski definition) is 0. The van der Waals surface area contributed by atoms with Crippen LogP contribution in [0.25, 0.3) is 12.2 Å². The Kier molecular flexibility index (Phi) is 8.90. The summed E-state index contributed by atoms with van der Waals surface area (Å²) in [5.41, 5.74) is 3.37. The molecule has 0 bridgehead atoms. The fourth-order valence-corrected chi connectivity index (χ4v) is 2.91. The Morgan fingerprint density at radius 2 is 1.23 bits per heavy atom. The predicted octanol–water partition coefficient (Wildman–Crippen LogP) is 4.31. The molecule has 0 spiro atoms. The van der Waals surface area contributed by atoms with Crippen LogP contribution in [0.4, 0.5) is 0 Å². The van der Waals surface area contributed by atoms with Gasteiger partial charge in [0.2, 0.25) is 0 Å². The summed E-state index contributed by atoms with van der Waals surface area (Å²) in [5.74, 6) is 5.90. The van der Waals surface area contributed by atoms with Crippen molar-refractivity contribution < 1.29 is 19.1 Å². The summed E-state index contributed by atoms with van der Waals surface area (Å²) < 4.78 is 10.7. The predicted molar refractivity (Wildman–Crippen MR) is 124 cm³/mol. The molecule has 0 fully saturated rings. The molecule has 0 heterocycles. The highest BCUT2D eigenvalue weighted by Crippen LogP contribution is 2.22. The molecule has 4 nitrogen and oxygen atoms in total. The van der Waals surface area contributed by atoms with Crippen molar-refractivity contribution in [2.45, 2.75) is 19.3 Å². The molecule has 0 aromatic heterocycles. The van der Waals surface area contributed by atoms with E-state index in [0.717, 1.165) is 22.3 Å². The van der Waals surface area contributed by atoms with E-state index in [0.29, 0.717) is 24.3 Å². The second-order valence-electron chi connectivity index (χ2n) is 6.68. The number of rotatable bonds is 10. The van der Waals surface area contributed by atoms with E-state index < -0.39 is 0 Å². The number of benzene rings is 2. The minimum Gasteiger partial charge on any atom is -0.496 e. The molecule has 2 aromatic carbocycles. The lowest BCUT2D eigenvalue weighted by Gasteiger charge is -2.07. The van der Waals surface area contributed by atoms with Crippen LogP contribution in [-0.4, -0.2) is 25.8 Å². The fraction of sp³-hybridized carbons (Fsp3) is 0.185. The van der Waals surface area contributed by atoms with Crippen LogP contribution in [0.3, 0.4) is 0 Å². The van der Waals surface area contributed by atoms with Crippen molar-refractivity contribution in [1.29, 1.82) is 0 Å². The lowest BCUT2D eigenvalue weighted by molar-refractivity contribution is -0.121. The Labute approximate surface area is 183 Å². The molecule has 0 unspecified atom stereocenters. The van der Waals surface area contributed by atoms with E-state index in [2.05, 4.69) is 11.8 Å². The van der Waals surface area contributed by atoms with Crippen LogP contribution in [-0.2, 0) is 22.4 Å². The van der Waals surface area contributed by atoms with Crippen molar-refractivity contribution in [3.8, 4) is 36.2 Å². The third-order valence-corrected chi connectivity index (χ3v) is 4.48. The molecular formula is C27H24O4. The summed E-state index contributed by atoms with van der Waals surface area (Å²) in [5, 5.41) is 0. The molecule has 0 amide bonds. The van der Waals surface area contributed by atoms with E-state index in [1.165, 1.54) is 12.2 Å². The first kappa shape index (κ1) is 23.3. The summed E-state index contributed by atoms with van der Waals surface area (Å²) in [4.78, 5) is 24.3. The Morgan fingerprint density at radius 3 is 1.58 bits per heavy atom. The number of hydrogen-bond acceptors (Lipinski definition) is 4. The Balaban J connectivity index is 1.99. The first-order valence-corrected chi connectivity index (χ1v) is 9.63. The van der Waals surface area contributed by atoms with E-state index in [9.17, 15) is 9.59 Å². The topological polar surface area (TPSA) is 52.6 Å². The molecule has 0 atom stereocenters. The van der Waals surface area contributed by atoms with E-state index in [-0.39, 0.29) is 18.0 Å². The van der Waals surface area contributed by atoms with E-state index >= 15 is 0 Å². The number of ether oxygens (including phenoxy) is 2. The smallest absolute Gasteiger partial charge is 0.163 e. The summed E-state index contributed by atoms with van der Waals surface area (Å²) in [6.07, 6.45) is 17.5. The Hall–Kier alpha value is -4.02. The van der Waals surface area contributed by atoms with Gasteiger partial charge in [0.25, 0.3) is 0 Å². The van der Waals surface area contributed by atoms with Gasteiger partial charge in [-0.3, -0.25) is 9.59 Å². The van der Waals surface area contributed by atoms with Crippen LogP contribution in [0, 0.1) is 24.7 Å². The van der Waals surface area contributed by atoms with Gasteiger partial charge in [-0.15, -0.1) is 24.7 Å². The van der Waals surface area contributed by atoms with Gasteiger partial charge < -0.3 is 9.47 Å². The third-order valence-electron chi connectivity index (χ3n) is 4.48. The molecule has 0 N–H and O–H groups in total.